The van der Waals surface area contributed by atoms with Crippen LogP contribution in [0.1, 0.15) is 0 Å². The van der Waals surface area contributed by atoms with Crippen molar-refractivity contribution in [1.29, 1.82) is 0 Å². The zero-order valence-electron chi connectivity index (χ0n) is 2.43. The average molecular weight is 329 g/mol. The SMILES string of the molecule is O=C([O-])[O-].[BaH2].[Ca+2].[SrH2]. The quantitative estimate of drug-likeness (QED) is 0.420. The van der Waals surface area contributed by atoms with Gasteiger partial charge in [0.25, 0.3) is 0 Å². The van der Waals surface area contributed by atoms with Crippen LogP contribution in [0.15, 0.2) is 0 Å². The van der Waals surface area contributed by atoms with E-state index in [1.54, 1.807) is 0 Å². The minimum atomic E-state index is -2.33. The van der Waals surface area contributed by atoms with Gasteiger partial charge < -0.3 is 15.0 Å². The first kappa shape index (κ1) is 22.4. The van der Waals surface area contributed by atoms with Crippen molar-refractivity contribution in [1.82, 2.24) is 0 Å². The first-order valence-electron chi connectivity index (χ1n) is 0.612. The number of hydrogen-bond donors (Lipinski definition) is 0. The molecular weight excluding hydrogens is 325 g/mol. The summed E-state index contributed by atoms with van der Waals surface area (Å²) in [5.41, 5.74) is 0. The van der Waals surface area contributed by atoms with E-state index in [1.807, 2.05) is 0 Å². The molecule has 0 saturated carbocycles. The Balaban J connectivity index is -0.0000000150. The van der Waals surface area contributed by atoms with Gasteiger partial charge in [0.15, 0.2) is 0 Å². The molecular formula is CH4BaCaO3Sr. The van der Waals surface area contributed by atoms with Gasteiger partial charge >= 0.3 is 132 Å². The van der Waals surface area contributed by atoms with Crippen LogP contribution in [0.2, 0.25) is 0 Å². The summed E-state index contributed by atoms with van der Waals surface area (Å²) < 4.78 is 0. The van der Waals surface area contributed by atoms with Crippen LogP contribution in [-0.4, -0.2) is 138 Å². The Labute approximate surface area is 149 Å². The molecule has 0 spiro atoms. The van der Waals surface area contributed by atoms with Gasteiger partial charge in [-0.25, -0.2) is 0 Å². The zero-order chi connectivity index (χ0) is 3.58. The third-order valence-electron chi connectivity index (χ3n) is 0. The molecule has 7 heavy (non-hydrogen) atoms. The molecule has 0 aromatic carbocycles. The van der Waals surface area contributed by atoms with Gasteiger partial charge in [0.1, 0.15) is 0 Å². The van der Waals surface area contributed by atoms with Crippen molar-refractivity contribution >= 4 is 138 Å². The molecule has 0 unspecified atom stereocenters. The summed E-state index contributed by atoms with van der Waals surface area (Å²) in [6.07, 6.45) is -2.33. The van der Waals surface area contributed by atoms with E-state index in [0.717, 1.165) is 0 Å². The first-order chi connectivity index (χ1) is 1.73. The maximum atomic E-state index is 8.33. The van der Waals surface area contributed by atoms with Crippen LogP contribution in [0.5, 0.6) is 0 Å². The van der Waals surface area contributed by atoms with Crippen LogP contribution >= 0.6 is 0 Å². The van der Waals surface area contributed by atoms with E-state index >= 15 is 0 Å². The molecule has 0 N–H and O–H groups in total. The summed E-state index contributed by atoms with van der Waals surface area (Å²) in [6, 6.07) is 0. The molecule has 0 aliphatic rings. The summed E-state index contributed by atoms with van der Waals surface area (Å²) in [6.45, 7) is 0. The number of hydrogen-bond acceptors (Lipinski definition) is 3. The van der Waals surface area contributed by atoms with Crippen molar-refractivity contribution in [2.45, 2.75) is 0 Å². The number of carbonyl (C=O) groups is 1. The van der Waals surface area contributed by atoms with E-state index in [4.69, 9.17) is 15.0 Å². The van der Waals surface area contributed by atoms with Crippen LogP contribution in [0.25, 0.3) is 0 Å². The summed E-state index contributed by atoms with van der Waals surface area (Å²) in [5.74, 6) is 0. The second kappa shape index (κ2) is 16.3. The predicted octanol–water partition coefficient (Wildman–Crippen LogP) is -4.66. The van der Waals surface area contributed by atoms with Gasteiger partial charge in [-0.1, -0.05) is 0 Å². The van der Waals surface area contributed by atoms with Gasteiger partial charge in [-0.15, -0.1) is 0 Å². The minimum absolute atomic E-state index is 0. The Bertz CT molecular complexity index is 37.9. The van der Waals surface area contributed by atoms with E-state index in [2.05, 4.69) is 0 Å². The first-order valence-corrected chi connectivity index (χ1v) is 0.612. The summed E-state index contributed by atoms with van der Waals surface area (Å²) in [5, 5.41) is 16.7. The third kappa shape index (κ3) is 42.9. The number of rotatable bonds is 0. The van der Waals surface area contributed by atoms with E-state index in [1.165, 1.54) is 0 Å². The van der Waals surface area contributed by atoms with Gasteiger partial charge in [-0.2, -0.15) is 0 Å². The molecule has 0 aliphatic carbocycles. The molecule has 6 heteroatoms. The second-order valence-electron chi connectivity index (χ2n) is 0.250. The van der Waals surface area contributed by atoms with Crippen LogP contribution in [-0.2, 0) is 0 Å². The van der Waals surface area contributed by atoms with Crippen LogP contribution in [0, 0.1) is 0 Å². The fraction of sp³-hybridized carbons (Fsp3) is 0. The summed E-state index contributed by atoms with van der Waals surface area (Å²) in [7, 11) is 0. The fourth-order valence-electron chi connectivity index (χ4n) is 0. The molecule has 0 atom stereocenters. The zero-order valence-corrected chi connectivity index (χ0v) is 4.64. The molecule has 0 bridgehead atoms. The molecule has 32 valence electrons. The normalized spacial score (nSPS) is 3.43. The molecule has 0 heterocycles. The molecule has 0 aliphatic heterocycles. The van der Waals surface area contributed by atoms with E-state index in [9.17, 15) is 0 Å². The van der Waals surface area contributed by atoms with Crippen LogP contribution < -0.4 is 10.2 Å². The van der Waals surface area contributed by atoms with E-state index in [-0.39, 0.29) is 132 Å². The van der Waals surface area contributed by atoms with Crippen molar-refractivity contribution in [3.05, 3.63) is 0 Å². The van der Waals surface area contributed by atoms with Crippen LogP contribution in [0.3, 0.4) is 0 Å². The molecule has 0 fully saturated rings. The van der Waals surface area contributed by atoms with Gasteiger partial charge in [0.05, 0.1) is 0 Å². The van der Waals surface area contributed by atoms with E-state index in [0.29, 0.717) is 0 Å². The molecule has 0 amide bonds. The van der Waals surface area contributed by atoms with Crippen molar-refractivity contribution in [2.75, 3.05) is 0 Å². The topological polar surface area (TPSA) is 63.2 Å². The van der Waals surface area contributed by atoms with Gasteiger partial charge in [-0.05, 0) is 6.16 Å². The Hall–Kier alpha value is 3.58. The van der Waals surface area contributed by atoms with Gasteiger partial charge in [0.2, 0.25) is 0 Å². The molecule has 0 aromatic rings. The van der Waals surface area contributed by atoms with Crippen molar-refractivity contribution in [2.24, 2.45) is 0 Å². The standard InChI is InChI=1S/CH2O3.Ba.Ca.Sr.4H/c2-1(3)4;;;;;;;/h(H2,2,3,4);;;;;;;/q;;+2;;;;;/p-2. The van der Waals surface area contributed by atoms with Crippen molar-refractivity contribution < 1.29 is 15.0 Å². The predicted molar refractivity (Wildman–Crippen MR) is 28.2 cm³/mol. The average Bonchev–Trinajstić information content (AvgIpc) is 0.811. The Kier molecular flexibility index (Phi) is 52.2. The molecule has 0 rings (SSSR count). The summed E-state index contributed by atoms with van der Waals surface area (Å²) >= 11 is 0. The van der Waals surface area contributed by atoms with E-state index < -0.39 is 6.16 Å². The molecule has 0 aromatic heterocycles. The monoisotopic (exact) mass is 330 g/mol. The Morgan fingerprint density at radius 2 is 1.29 bits per heavy atom. The third-order valence-corrected chi connectivity index (χ3v) is 0. The summed E-state index contributed by atoms with van der Waals surface area (Å²) in [4.78, 5) is 8.33. The Morgan fingerprint density at radius 1 is 1.29 bits per heavy atom. The maximum absolute atomic E-state index is 8.33. The van der Waals surface area contributed by atoms with Crippen molar-refractivity contribution in [3.8, 4) is 0 Å². The fourth-order valence-corrected chi connectivity index (χ4v) is 0. The van der Waals surface area contributed by atoms with Crippen molar-refractivity contribution in [3.63, 3.8) is 0 Å². The second-order valence-corrected chi connectivity index (χ2v) is 0.250. The molecule has 3 nitrogen and oxygen atoms in total. The van der Waals surface area contributed by atoms with Gasteiger partial charge in [-0.3, -0.25) is 0 Å². The molecule has 0 radical (unpaired) electrons. The van der Waals surface area contributed by atoms with Gasteiger partial charge in [0, 0.05) is 0 Å². The number of carboxylic acid groups (broad SMARTS) is 2. The Morgan fingerprint density at radius 3 is 1.29 bits per heavy atom. The van der Waals surface area contributed by atoms with Crippen LogP contribution in [0.4, 0.5) is 4.79 Å². The number of carbonyl (C=O) groups excluding carboxylic acids is 1. The molecule has 0 saturated heterocycles.